The molecule has 1 aliphatic carbocycles. The SMILES string of the molecule is CCOC(=O)[C@@H]1[C@H]2C=C[C@@H](C2)N1Cc1ccccc1. The Hall–Kier alpha value is -1.61. The average Bonchev–Trinajstić information content (AvgIpc) is 3.01. The molecule has 1 aliphatic heterocycles. The number of carbonyl (C=O) groups is 1. The normalized spacial score (nSPS) is 28.8. The predicted molar refractivity (Wildman–Crippen MR) is 73.4 cm³/mol. The van der Waals surface area contributed by atoms with Gasteiger partial charge in [0.05, 0.1) is 6.61 Å². The topological polar surface area (TPSA) is 29.5 Å². The van der Waals surface area contributed by atoms with Gasteiger partial charge in [-0.25, -0.2) is 0 Å². The molecule has 0 amide bonds. The molecule has 1 saturated heterocycles. The highest BCUT2D eigenvalue weighted by molar-refractivity contribution is 5.77. The van der Waals surface area contributed by atoms with Crippen molar-refractivity contribution in [3.05, 3.63) is 48.0 Å². The molecule has 3 heteroatoms. The summed E-state index contributed by atoms with van der Waals surface area (Å²) in [4.78, 5) is 14.4. The third-order valence-electron chi connectivity index (χ3n) is 4.02. The highest BCUT2D eigenvalue weighted by atomic mass is 16.5. The summed E-state index contributed by atoms with van der Waals surface area (Å²) < 4.78 is 5.23. The Bertz CT molecular complexity index is 483. The van der Waals surface area contributed by atoms with Gasteiger partial charge in [-0.15, -0.1) is 0 Å². The van der Waals surface area contributed by atoms with E-state index in [0.717, 1.165) is 13.0 Å². The molecule has 3 nitrogen and oxygen atoms in total. The quantitative estimate of drug-likeness (QED) is 0.612. The van der Waals surface area contributed by atoms with E-state index in [9.17, 15) is 4.79 Å². The van der Waals surface area contributed by atoms with E-state index in [1.165, 1.54) is 5.56 Å². The molecular weight excluding hydrogens is 238 g/mol. The van der Waals surface area contributed by atoms with E-state index in [1.54, 1.807) is 0 Å². The van der Waals surface area contributed by atoms with Crippen molar-refractivity contribution in [2.45, 2.75) is 32.0 Å². The first-order valence-electron chi connectivity index (χ1n) is 6.94. The number of ether oxygens (including phenoxy) is 1. The number of esters is 1. The molecule has 1 aromatic rings. The van der Waals surface area contributed by atoms with Crippen LogP contribution in [-0.2, 0) is 16.1 Å². The minimum absolute atomic E-state index is 0.0738. The standard InChI is InChI=1S/C16H19NO2/c1-2-19-16(18)15-13-8-9-14(10-13)17(15)11-12-6-4-3-5-7-12/h3-9,13-15H,2,10-11H2,1H3/t13-,14-,15-/m0/s1. The maximum atomic E-state index is 12.1. The van der Waals surface area contributed by atoms with Crippen molar-refractivity contribution in [1.82, 2.24) is 4.90 Å². The molecule has 3 rings (SSSR count). The molecule has 0 radical (unpaired) electrons. The number of fused-ring (bicyclic) bond motifs is 2. The molecule has 0 aromatic heterocycles. The van der Waals surface area contributed by atoms with Crippen molar-refractivity contribution in [2.75, 3.05) is 6.61 Å². The monoisotopic (exact) mass is 257 g/mol. The number of carbonyl (C=O) groups excluding carboxylic acids is 1. The maximum absolute atomic E-state index is 12.1. The Kier molecular flexibility index (Phi) is 3.38. The van der Waals surface area contributed by atoms with E-state index in [0.29, 0.717) is 18.6 Å². The van der Waals surface area contributed by atoms with Gasteiger partial charge in [0.1, 0.15) is 6.04 Å². The number of benzene rings is 1. The van der Waals surface area contributed by atoms with Crippen LogP contribution in [0.25, 0.3) is 0 Å². The molecule has 3 atom stereocenters. The molecular formula is C16H19NO2. The molecule has 1 heterocycles. The fourth-order valence-corrected chi connectivity index (χ4v) is 3.19. The van der Waals surface area contributed by atoms with Gasteiger partial charge < -0.3 is 4.74 Å². The highest BCUT2D eigenvalue weighted by Gasteiger charge is 2.46. The van der Waals surface area contributed by atoms with E-state index in [4.69, 9.17) is 4.74 Å². The minimum Gasteiger partial charge on any atom is -0.465 e. The Morgan fingerprint density at radius 1 is 1.32 bits per heavy atom. The molecule has 0 unspecified atom stereocenters. The number of hydrogen-bond acceptors (Lipinski definition) is 3. The zero-order chi connectivity index (χ0) is 13.2. The number of nitrogens with zero attached hydrogens (tertiary/aromatic N) is 1. The molecule has 0 spiro atoms. The fourth-order valence-electron chi connectivity index (χ4n) is 3.19. The van der Waals surface area contributed by atoms with Gasteiger partial charge in [-0.05, 0) is 18.9 Å². The molecule has 19 heavy (non-hydrogen) atoms. The number of rotatable bonds is 4. The minimum atomic E-state index is -0.102. The van der Waals surface area contributed by atoms with Crippen molar-refractivity contribution >= 4 is 5.97 Å². The summed E-state index contributed by atoms with van der Waals surface area (Å²) in [6.07, 6.45) is 5.45. The second-order valence-corrected chi connectivity index (χ2v) is 5.21. The molecule has 100 valence electrons. The van der Waals surface area contributed by atoms with Crippen LogP contribution in [0.5, 0.6) is 0 Å². The summed E-state index contributed by atoms with van der Waals surface area (Å²) in [5.74, 6) is 0.253. The Balaban J connectivity index is 1.78. The molecule has 0 saturated carbocycles. The molecule has 0 N–H and O–H groups in total. The van der Waals surface area contributed by atoms with Gasteiger partial charge in [0.25, 0.3) is 0 Å². The summed E-state index contributed by atoms with van der Waals surface area (Å²) in [7, 11) is 0. The van der Waals surface area contributed by atoms with Gasteiger partial charge in [-0.2, -0.15) is 0 Å². The van der Waals surface area contributed by atoms with Gasteiger partial charge in [0.15, 0.2) is 0 Å². The zero-order valence-corrected chi connectivity index (χ0v) is 11.2. The molecule has 1 aromatic carbocycles. The molecule has 2 bridgehead atoms. The lowest BCUT2D eigenvalue weighted by molar-refractivity contribution is -0.150. The first kappa shape index (κ1) is 12.4. The van der Waals surface area contributed by atoms with E-state index >= 15 is 0 Å². The summed E-state index contributed by atoms with van der Waals surface area (Å²) >= 11 is 0. The zero-order valence-electron chi connectivity index (χ0n) is 11.2. The first-order valence-corrected chi connectivity index (χ1v) is 6.94. The van der Waals surface area contributed by atoms with Crippen LogP contribution >= 0.6 is 0 Å². The van der Waals surface area contributed by atoms with Crippen LogP contribution in [-0.4, -0.2) is 29.6 Å². The Morgan fingerprint density at radius 3 is 2.84 bits per heavy atom. The lowest BCUT2D eigenvalue weighted by Crippen LogP contribution is -2.44. The largest absolute Gasteiger partial charge is 0.465 e. The van der Waals surface area contributed by atoms with Gasteiger partial charge in [0.2, 0.25) is 0 Å². The van der Waals surface area contributed by atoms with Crippen molar-refractivity contribution in [3.8, 4) is 0 Å². The van der Waals surface area contributed by atoms with E-state index < -0.39 is 0 Å². The van der Waals surface area contributed by atoms with E-state index in [1.807, 2.05) is 25.1 Å². The van der Waals surface area contributed by atoms with Crippen LogP contribution in [0.3, 0.4) is 0 Å². The fraction of sp³-hybridized carbons (Fsp3) is 0.438. The third-order valence-corrected chi connectivity index (χ3v) is 4.02. The van der Waals surface area contributed by atoms with Crippen LogP contribution < -0.4 is 0 Å². The van der Waals surface area contributed by atoms with Crippen molar-refractivity contribution in [3.63, 3.8) is 0 Å². The van der Waals surface area contributed by atoms with Crippen molar-refractivity contribution in [2.24, 2.45) is 5.92 Å². The van der Waals surface area contributed by atoms with Crippen LogP contribution in [0.2, 0.25) is 0 Å². The maximum Gasteiger partial charge on any atom is 0.323 e. The smallest absolute Gasteiger partial charge is 0.323 e. The predicted octanol–water partition coefficient (Wildman–Crippen LogP) is 2.38. The number of hydrogen-bond donors (Lipinski definition) is 0. The summed E-state index contributed by atoms with van der Waals surface area (Å²) in [6, 6.07) is 10.6. The van der Waals surface area contributed by atoms with Crippen molar-refractivity contribution in [1.29, 1.82) is 0 Å². The summed E-state index contributed by atoms with van der Waals surface area (Å²) in [6.45, 7) is 3.13. The highest BCUT2D eigenvalue weighted by Crippen LogP contribution is 2.38. The lowest BCUT2D eigenvalue weighted by atomic mass is 10.0. The van der Waals surface area contributed by atoms with Gasteiger partial charge in [0, 0.05) is 18.5 Å². The molecule has 1 fully saturated rings. The van der Waals surface area contributed by atoms with Gasteiger partial charge >= 0.3 is 5.97 Å². The van der Waals surface area contributed by atoms with Crippen LogP contribution in [0.4, 0.5) is 0 Å². The van der Waals surface area contributed by atoms with Crippen LogP contribution in [0.15, 0.2) is 42.5 Å². The Labute approximate surface area is 113 Å². The van der Waals surface area contributed by atoms with Gasteiger partial charge in [-0.3, -0.25) is 9.69 Å². The first-order chi connectivity index (χ1) is 9.29. The number of likely N-dealkylation sites (tertiary alicyclic amines) is 1. The Morgan fingerprint density at radius 2 is 2.11 bits per heavy atom. The average molecular weight is 257 g/mol. The second-order valence-electron chi connectivity index (χ2n) is 5.21. The van der Waals surface area contributed by atoms with Crippen molar-refractivity contribution < 1.29 is 9.53 Å². The van der Waals surface area contributed by atoms with Crippen LogP contribution in [0, 0.1) is 5.92 Å². The van der Waals surface area contributed by atoms with Gasteiger partial charge in [-0.1, -0.05) is 42.5 Å². The third kappa shape index (κ3) is 2.30. The summed E-state index contributed by atoms with van der Waals surface area (Å²) in [5, 5.41) is 0. The molecule has 2 aliphatic rings. The second kappa shape index (κ2) is 5.17. The summed E-state index contributed by atoms with van der Waals surface area (Å²) in [5.41, 5.74) is 1.25. The van der Waals surface area contributed by atoms with E-state index in [-0.39, 0.29) is 12.0 Å². The lowest BCUT2D eigenvalue weighted by Gasteiger charge is -2.30. The van der Waals surface area contributed by atoms with Crippen LogP contribution in [0.1, 0.15) is 18.9 Å². The van der Waals surface area contributed by atoms with E-state index in [2.05, 4.69) is 29.2 Å².